The Morgan fingerprint density at radius 1 is 1.44 bits per heavy atom. The summed E-state index contributed by atoms with van der Waals surface area (Å²) in [5.74, 6) is 0. The summed E-state index contributed by atoms with van der Waals surface area (Å²) >= 11 is 0. The maximum absolute atomic E-state index is 3.60. The molecule has 0 radical (unpaired) electrons. The molecule has 1 aliphatic heterocycles. The highest BCUT2D eigenvalue weighted by atomic mass is 15.0. The van der Waals surface area contributed by atoms with Crippen LogP contribution in [0.3, 0.4) is 0 Å². The minimum atomic E-state index is 0.478. The first-order valence-corrected chi connectivity index (χ1v) is 6.23. The van der Waals surface area contributed by atoms with Crippen LogP contribution in [0.1, 0.15) is 36.6 Å². The third-order valence-electron chi connectivity index (χ3n) is 3.19. The first-order valence-electron chi connectivity index (χ1n) is 6.23. The molecule has 0 fully saturated rings. The smallest absolute Gasteiger partial charge is 0.0449 e. The van der Waals surface area contributed by atoms with Crippen molar-refractivity contribution in [2.24, 2.45) is 0 Å². The Labute approximate surface area is 98.4 Å². The Hall–Kier alpha value is -0.860. The summed E-state index contributed by atoms with van der Waals surface area (Å²) in [6.07, 6.45) is 1.16. The Bertz CT molecular complexity index is 358. The second-order valence-corrected chi connectivity index (χ2v) is 5.02. The summed E-state index contributed by atoms with van der Waals surface area (Å²) in [4.78, 5) is 0. The number of nitrogens with one attached hydrogen (secondary N) is 2. The van der Waals surface area contributed by atoms with Gasteiger partial charge in [0, 0.05) is 18.6 Å². The molecule has 2 rings (SSSR count). The van der Waals surface area contributed by atoms with E-state index in [1.807, 2.05) is 0 Å². The highest BCUT2D eigenvalue weighted by Crippen LogP contribution is 2.23. The van der Waals surface area contributed by atoms with Gasteiger partial charge in [0.05, 0.1) is 0 Å². The fourth-order valence-corrected chi connectivity index (χ4v) is 2.29. The van der Waals surface area contributed by atoms with Gasteiger partial charge in [0.2, 0.25) is 0 Å². The molecule has 0 spiro atoms. The predicted molar refractivity (Wildman–Crippen MR) is 68.8 cm³/mol. The minimum absolute atomic E-state index is 0.478. The molecule has 1 aromatic rings. The van der Waals surface area contributed by atoms with Crippen molar-refractivity contribution in [3.63, 3.8) is 0 Å². The lowest BCUT2D eigenvalue weighted by Gasteiger charge is -2.28. The predicted octanol–water partition coefficient (Wildman–Crippen LogP) is 2.18. The van der Waals surface area contributed by atoms with Gasteiger partial charge in [-0.2, -0.15) is 0 Å². The zero-order valence-corrected chi connectivity index (χ0v) is 10.5. The van der Waals surface area contributed by atoms with Crippen molar-refractivity contribution in [2.45, 2.75) is 39.3 Å². The second kappa shape index (κ2) is 4.98. The van der Waals surface area contributed by atoms with E-state index < -0.39 is 0 Å². The molecule has 2 heteroatoms. The van der Waals surface area contributed by atoms with Crippen molar-refractivity contribution in [3.05, 3.63) is 34.9 Å². The zero-order valence-electron chi connectivity index (χ0n) is 10.5. The van der Waals surface area contributed by atoms with Gasteiger partial charge >= 0.3 is 0 Å². The fourth-order valence-electron chi connectivity index (χ4n) is 2.29. The lowest BCUT2D eigenvalue weighted by Crippen LogP contribution is -2.38. The van der Waals surface area contributed by atoms with Gasteiger partial charge < -0.3 is 10.6 Å². The third-order valence-corrected chi connectivity index (χ3v) is 3.19. The van der Waals surface area contributed by atoms with Crippen LogP contribution in [0.4, 0.5) is 0 Å². The van der Waals surface area contributed by atoms with Crippen LogP contribution in [-0.4, -0.2) is 19.1 Å². The van der Waals surface area contributed by atoms with Crippen LogP contribution < -0.4 is 10.6 Å². The molecule has 0 saturated carbocycles. The monoisotopic (exact) mass is 218 g/mol. The van der Waals surface area contributed by atoms with Gasteiger partial charge in [-0.3, -0.25) is 0 Å². The largest absolute Gasteiger partial charge is 0.313 e. The number of aryl methyl sites for hydroxylation is 1. The SMILES string of the molecule is Cc1ccc2c(c1)C(CNC(C)C)NCC2. The van der Waals surface area contributed by atoms with Crippen LogP contribution >= 0.6 is 0 Å². The molecule has 1 aromatic carbocycles. The van der Waals surface area contributed by atoms with Crippen molar-refractivity contribution in [1.29, 1.82) is 0 Å². The van der Waals surface area contributed by atoms with Crippen LogP contribution in [0.5, 0.6) is 0 Å². The fraction of sp³-hybridized carbons (Fsp3) is 0.571. The first kappa shape index (κ1) is 11.6. The highest BCUT2D eigenvalue weighted by molar-refractivity contribution is 5.36. The summed E-state index contributed by atoms with van der Waals surface area (Å²) in [6.45, 7) is 8.68. The Morgan fingerprint density at radius 2 is 2.25 bits per heavy atom. The van der Waals surface area contributed by atoms with Crippen LogP contribution in [0.2, 0.25) is 0 Å². The van der Waals surface area contributed by atoms with E-state index in [0.717, 1.165) is 19.5 Å². The molecular weight excluding hydrogens is 196 g/mol. The molecule has 16 heavy (non-hydrogen) atoms. The summed E-state index contributed by atoms with van der Waals surface area (Å²) in [7, 11) is 0. The van der Waals surface area contributed by atoms with Gasteiger partial charge in [0.25, 0.3) is 0 Å². The lowest BCUT2D eigenvalue weighted by atomic mass is 9.92. The van der Waals surface area contributed by atoms with E-state index in [1.54, 1.807) is 0 Å². The van der Waals surface area contributed by atoms with Crippen molar-refractivity contribution >= 4 is 0 Å². The van der Waals surface area contributed by atoms with Crippen molar-refractivity contribution in [1.82, 2.24) is 10.6 Å². The summed E-state index contributed by atoms with van der Waals surface area (Å²) in [5, 5.41) is 7.11. The minimum Gasteiger partial charge on any atom is -0.313 e. The molecule has 0 aromatic heterocycles. The molecule has 0 aliphatic carbocycles. The van der Waals surface area contributed by atoms with E-state index in [0.29, 0.717) is 12.1 Å². The molecule has 2 N–H and O–H groups in total. The van der Waals surface area contributed by atoms with E-state index in [9.17, 15) is 0 Å². The Balaban J connectivity index is 2.15. The molecular formula is C14H22N2. The molecule has 1 unspecified atom stereocenters. The van der Waals surface area contributed by atoms with Crippen molar-refractivity contribution < 1.29 is 0 Å². The van der Waals surface area contributed by atoms with Crippen molar-refractivity contribution in [2.75, 3.05) is 13.1 Å². The number of hydrogen-bond acceptors (Lipinski definition) is 2. The van der Waals surface area contributed by atoms with E-state index in [4.69, 9.17) is 0 Å². The van der Waals surface area contributed by atoms with E-state index >= 15 is 0 Å². The van der Waals surface area contributed by atoms with E-state index in [-0.39, 0.29) is 0 Å². The van der Waals surface area contributed by atoms with Crippen LogP contribution in [0.25, 0.3) is 0 Å². The van der Waals surface area contributed by atoms with Gasteiger partial charge in [0.1, 0.15) is 0 Å². The highest BCUT2D eigenvalue weighted by Gasteiger charge is 2.19. The normalized spacial score (nSPS) is 19.9. The molecule has 2 nitrogen and oxygen atoms in total. The average molecular weight is 218 g/mol. The molecule has 0 saturated heterocycles. The molecule has 0 amide bonds. The lowest BCUT2D eigenvalue weighted by molar-refractivity contribution is 0.447. The molecule has 88 valence electrons. The molecule has 1 aliphatic rings. The second-order valence-electron chi connectivity index (χ2n) is 5.02. The maximum Gasteiger partial charge on any atom is 0.0449 e. The van der Waals surface area contributed by atoms with Gasteiger partial charge in [-0.15, -0.1) is 0 Å². The van der Waals surface area contributed by atoms with Gasteiger partial charge in [0.15, 0.2) is 0 Å². The van der Waals surface area contributed by atoms with E-state index in [2.05, 4.69) is 49.6 Å². The average Bonchev–Trinajstić information content (AvgIpc) is 2.26. The van der Waals surface area contributed by atoms with Crippen LogP contribution in [0.15, 0.2) is 18.2 Å². The maximum atomic E-state index is 3.60. The topological polar surface area (TPSA) is 24.1 Å². The Kier molecular flexibility index (Phi) is 3.62. The van der Waals surface area contributed by atoms with Crippen LogP contribution in [-0.2, 0) is 6.42 Å². The standard InChI is InChI=1S/C14H22N2/c1-10(2)16-9-14-13-8-11(3)4-5-12(13)6-7-15-14/h4-5,8,10,14-16H,6-7,9H2,1-3H3. The molecule has 0 bridgehead atoms. The van der Waals surface area contributed by atoms with Gasteiger partial charge in [-0.05, 0) is 31.0 Å². The number of fused-ring (bicyclic) bond motifs is 1. The Morgan fingerprint density at radius 3 is 3.00 bits per heavy atom. The first-order chi connectivity index (χ1) is 7.66. The number of hydrogen-bond donors (Lipinski definition) is 2. The molecule has 1 heterocycles. The van der Waals surface area contributed by atoms with E-state index in [1.165, 1.54) is 16.7 Å². The van der Waals surface area contributed by atoms with Gasteiger partial charge in [-0.25, -0.2) is 0 Å². The van der Waals surface area contributed by atoms with Crippen LogP contribution in [0, 0.1) is 6.92 Å². The summed E-state index contributed by atoms with van der Waals surface area (Å²) in [6, 6.07) is 7.86. The third kappa shape index (κ3) is 2.63. The zero-order chi connectivity index (χ0) is 11.5. The quantitative estimate of drug-likeness (QED) is 0.812. The number of rotatable bonds is 3. The summed E-state index contributed by atoms with van der Waals surface area (Å²) < 4.78 is 0. The number of benzene rings is 1. The summed E-state index contributed by atoms with van der Waals surface area (Å²) in [5.41, 5.74) is 4.36. The van der Waals surface area contributed by atoms with Crippen molar-refractivity contribution in [3.8, 4) is 0 Å². The molecule has 1 atom stereocenters. The van der Waals surface area contributed by atoms with Gasteiger partial charge in [-0.1, -0.05) is 37.6 Å².